The molecule has 1 heterocycles. The van der Waals surface area contributed by atoms with Crippen LogP contribution in [0.2, 0.25) is 0 Å². The molecular weight excluding hydrogens is 172 g/mol. The third kappa shape index (κ3) is 1.84. The molecule has 1 aromatic rings. The van der Waals surface area contributed by atoms with E-state index in [-0.39, 0.29) is 0 Å². The highest BCUT2D eigenvalue weighted by Gasteiger charge is 2.17. The fourth-order valence-electron chi connectivity index (χ4n) is 2.18. The van der Waals surface area contributed by atoms with Gasteiger partial charge < -0.3 is 10.6 Å². The Hall–Kier alpha value is -1.18. The average molecular weight is 190 g/mol. The Kier molecular flexibility index (Phi) is 2.62. The number of nitrogen functional groups attached to an aromatic ring is 1. The van der Waals surface area contributed by atoms with Crippen molar-refractivity contribution in [2.45, 2.75) is 19.8 Å². The van der Waals surface area contributed by atoms with Gasteiger partial charge in [-0.1, -0.05) is 19.1 Å². The summed E-state index contributed by atoms with van der Waals surface area (Å²) in [5.74, 6) is 0.795. The normalized spacial score (nSPS) is 22.4. The number of hydrogen-bond acceptors (Lipinski definition) is 2. The van der Waals surface area contributed by atoms with Gasteiger partial charge in [0.15, 0.2) is 0 Å². The Bertz CT molecular complexity index is 309. The van der Waals surface area contributed by atoms with Crippen LogP contribution in [0.1, 0.15) is 19.8 Å². The van der Waals surface area contributed by atoms with Crippen LogP contribution in [0.4, 0.5) is 11.4 Å². The molecule has 1 fully saturated rings. The molecule has 0 aromatic heterocycles. The molecule has 1 aliphatic rings. The molecule has 0 unspecified atom stereocenters. The molecule has 0 radical (unpaired) electrons. The summed E-state index contributed by atoms with van der Waals surface area (Å²) in [4.78, 5) is 2.41. The predicted octanol–water partition coefficient (Wildman–Crippen LogP) is 2.51. The van der Waals surface area contributed by atoms with Crippen LogP contribution in [-0.2, 0) is 0 Å². The molecule has 1 aromatic carbocycles. The van der Waals surface area contributed by atoms with Crippen LogP contribution in [0.5, 0.6) is 0 Å². The smallest absolute Gasteiger partial charge is 0.0600 e. The van der Waals surface area contributed by atoms with Crippen molar-refractivity contribution in [1.82, 2.24) is 0 Å². The van der Waals surface area contributed by atoms with Crippen LogP contribution in [-0.4, -0.2) is 13.1 Å². The molecule has 1 saturated heterocycles. The fraction of sp³-hybridized carbons (Fsp3) is 0.500. The first kappa shape index (κ1) is 9.38. The molecule has 0 aliphatic carbocycles. The maximum atomic E-state index is 5.96. The molecule has 2 nitrogen and oxygen atoms in total. The number of rotatable bonds is 1. The lowest BCUT2D eigenvalue weighted by Crippen LogP contribution is -2.34. The van der Waals surface area contributed by atoms with E-state index >= 15 is 0 Å². The lowest BCUT2D eigenvalue weighted by Gasteiger charge is -2.33. The van der Waals surface area contributed by atoms with Crippen LogP contribution >= 0.6 is 0 Å². The van der Waals surface area contributed by atoms with Gasteiger partial charge in [0.2, 0.25) is 0 Å². The molecule has 76 valence electrons. The highest BCUT2D eigenvalue weighted by Crippen LogP contribution is 2.27. The average Bonchev–Trinajstić information content (AvgIpc) is 2.18. The van der Waals surface area contributed by atoms with Gasteiger partial charge in [-0.3, -0.25) is 0 Å². The van der Waals surface area contributed by atoms with Crippen LogP contribution in [0.15, 0.2) is 24.3 Å². The van der Waals surface area contributed by atoms with Crippen LogP contribution in [0.3, 0.4) is 0 Å². The Morgan fingerprint density at radius 3 is 2.86 bits per heavy atom. The monoisotopic (exact) mass is 190 g/mol. The zero-order valence-corrected chi connectivity index (χ0v) is 8.74. The third-order valence-electron chi connectivity index (χ3n) is 2.93. The second-order valence-electron chi connectivity index (χ2n) is 4.25. The summed E-state index contributed by atoms with van der Waals surface area (Å²) in [6.07, 6.45) is 2.64. The summed E-state index contributed by atoms with van der Waals surface area (Å²) < 4.78 is 0. The first-order valence-corrected chi connectivity index (χ1v) is 5.37. The van der Waals surface area contributed by atoms with Crippen LogP contribution in [0.25, 0.3) is 0 Å². The van der Waals surface area contributed by atoms with E-state index < -0.39 is 0 Å². The number of benzene rings is 1. The van der Waals surface area contributed by atoms with Gasteiger partial charge >= 0.3 is 0 Å². The lowest BCUT2D eigenvalue weighted by atomic mass is 9.99. The van der Waals surface area contributed by atoms with Crippen molar-refractivity contribution >= 4 is 11.4 Å². The second kappa shape index (κ2) is 3.91. The summed E-state index contributed by atoms with van der Waals surface area (Å²) in [5.41, 5.74) is 8.07. The fourth-order valence-corrected chi connectivity index (χ4v) is 2.18. The van der Waals surface area contributed by atoms with Gasteiger partial charge in [-0.25, -0.2) is 0 Å². The summed E-state index contributed by atoms with van der Waals surface area (Å²) in [7, 11) is 0. The lowest BCUT2D eigenvalue weighted by molar-refractivity contribution is 0.447. The first-order valence-electron chi connectivity index (χ1n) is 5.37. The van der Waals surface area contributed by atoms with Gasteiger partial charge in [-0.05, 0) is 30.9 Å². The minimum atomic E-state index is 0.795. The Labute approximate surface area is 85.7 Å². The number of piperidine rings is 1. The van der Waals surface area contributed by atoms with Crippen molar-refractivity contribution < 1.29 is 0 Å². The minimum Gasteiger partial charge on any atom is -0.397 e. The first-order chi connectivity index (χ1) is 6.77. The summed E-state index contributed by atoms with van der Waals surface area (Å²) in [5, 5.41) is 0. The van der Waals surface area contributed by atoms with E-state index in [9.17, 15) is 0 Å². The van der Waals surface area contributed by atoms with Gasteiger partial charge in [0, 0.05) is 13.1 Å². The van der Waals surface area contributed by atoms with E-state index in [0.717, 1.165) is 24.7 Å². The highest BCUT2D eigenvalue weighted by molar-refractivity contribution is 5.67. The number of anilines is 2. The van der Waals surface area contributed by atoms with Crippen molar-refractivity contribution in [3.63, 3.8) is 0 Å². The molecule has 2 N–H and O–H groups in total. The van der Waals surface area contributed by atoms with Crippen molar-refractivity contribution in [3.8, 4) is 0 Å². The number of hydrogen-bond donors (Lipinski definition) is 1. The molecule has 14 heavy (non-hydrogen) atoms. The molecule has 0 bridgehead atoms. The maximum Gasteiger partial charge on any atom is 0.0600 e. The molecule has 0 spiro atoms. The zero-order valence-electron chi connectivity index (χ0n) is 8.74. The predicted molar refractivity (Wildman–Crippen MR) is 61.5 cm³/mol. The van der Waals surface area contributed by atoms with Gasteiger partial charge in [0.05, 0.1) is 11.4 Å². The molecule has 2 heteroatoms. The number of para-hydroxylation sites is 2. The molecule has 0 saturated carbocycles. The van der Waals surface area contributed by atoms with E-state index in [1.165, 1.54) is 18.5 Å². The number of nitrogens with zero attached hydrogens (tertiary/aromatic N) is 1. The maximum absolute atomic E-state index is 5.96. The topological polar surface area (TPSA) is 29.3 Å². The minimum absolute atomic E-state index is 0.795. The Morgan fingerprint density at radius 1 is 1.36 bits per heavy atom. The van der Waals surface area contributed by atoms with Crippen LogP contribution in [0, 0.1) is 5.92 Å². The molecule has 0 amide bonds. The molecule has 1 atom stereocenters. The summed E-state index contributed by atoms with van der Waals surface area (Å²) in [6, 6.07) is 8.15. The highest BCUT2D eigenvalue weighted by atomic mass is 15.1. The zero-order chi connectivity index (χ0) is 9.97. The largest absolute Gasteiger partial charge is 0.397 e. The SMILES string of the molecule is C[C@H]1CCCN(c2ccccc2N)C1. The van der Waals surface area contributed by atoms with Crippen molar-refractivity contribution in [2.24, 2.45) is 5.92 Å². The third-order valence-corrected chi connectivity index (χ3v) is 2.93. The van der Waals surface area contributed by atoms with E-state index in [0.29, 0.717) is 0 Å². The van der Waals surface area contributed by atoms with E-state index in [2.05, 4.69) is 24.0 Å². The van der Waals surface area contributed by atoms with Crippen molar-refractivity contribution in [2.75, 3.05) is 23.7 Å². The molecule has 1 aliphatic heterocycles. The Morgan fingerprint density at radius 2 is 2.14 bits per heavy atom. The second-order valence-corrected chi connectivity index (χ2v) is 4.25. The number of nitrogens with two attached hydrogens (primary N) is 1. The molecule has 2 rings (SSSR count). The van der Waals surface area contributed by atoms with Crippen molar-refractivity contribution in [3.05, 3.63) is 24.3 Å². The van der Waals surface area contributed by atoms with Gasteiger partial charge in [0.1, 0.15) is 0 Å². The van der Waals surface area contributed by atoms with E-state index in [1.807, 2.05) is 12.1 Å². The Balaban J connectivity index is 2.18. The summed E-state index contributed by atoms with van der Waals surface area (Å²) in [6.45, 7) is 4.61. The van der Waals surface area contributed by atoms with Gasteiger partial charge in [-0.15, -0.1) is 0 Å². The van der Waals surface area contributed by atoms with Crippen LogP contribution < -0.4 is 10.6 Å². The van der Waals surface area contributed by atoms with Gasteiger partial charge in [0.25, 0.3) is 0 Å². The standard InChI is InChI=1S/C12H18N2/c1-10-5-4-8-14(9-10)12-7-3-2-6-11(12)13/h2-3,6-7,10H,4-5,8-9,13H2,1H3/t10-/m0/s1. The van der Waals surface area contributed by atoms with E-state index in [4.69, 9.17) is 5.73 Å². The van der Waals surface area contributed by atoms with Crippen molar-refractivity contribution in [1.29, 1.82) is 0 Å². The molecular formula is C12H18N2. The summed E-state index contributed by atoms with van der Waals surface area (Å²) >= 11 is 0. The quantitative estimate of drug-likeness (QED) is 0.689. The van der Waals surface area contributed by atoms with E-state index in [1.54, 1.807) is 0 Å². The van der Waals surface area contributed by atoms with Gasteiger partial charge in [-0.2, -0.15) is 0 Å².